The van der Waals surface area contributed by atoms with Crippen LogP contribution in [0.5, 0.6) is 0 Å². The lowest BCUT2D eigenvalue weighted by atomic mass is 9.87. The molecular formula is C11H21N. The molecule has 0 spiro atoms. The Labute approximate surface area is 76.9 Å². The van der Waals surface area contributed by atoms with E-state index in [0.29, 0.717) is 0 Å². The van der Waals surface area contributed by atoms with Crippen LogP contribution < -0.4 is 5.32 Å². The van der Waals surface area contributed by atoms with Crippen molar-refractivity contribution in [3.05, 3.63) is 0 Å². The maximum Gasteiger partial charge on any atom is 0.0735 e. The molecule has 0 bridgehead atoms. The highest BCUT2D eigenvalue weighted by Gasteiger charge is 2.21. The van der Waals surface area contributed by atoms with Gasteiger partial charge in [0.15, 0.2) is 0 Å². The van der Waals surface area contributed by atoms with Gasteiger partial charge in [0.25, 0.3) is 0 Å². The van der Waals surface area contributed by atoms with Crippen molar-refractivity contribution in [2.75, 3.05) is 6.54 Å². The number of unbranched alkanes of at least 4 members (excludes halogenated alkanes) is 1. The summed E-state index contributed by atoms with van der Waals surface area (Å²) in [7, 11) is 0. The van der Waals surface area contributed by atoms with E-state index in [1.54, 1.807) is 0 Å². The van der Waals surface area contributed by atoms with E-state index in [9.17, 15) is 0 Å². The van der Waals surface area contributed by atoms with E-state index in [0.717, 1.165) is 6.54 Å². The molecule has 0 fully saturated rings. The van der Waals surface area contributed by atoms with Crippen LogP contribution in [0.3, 0.4) is 0 Å². The van der Waals surface area contributed by atoms with Crippen LogP contribution in [0.1, 0.15) is 40.5 Å². The van der Waals surface area contributed by atoms with Gasteiger partial charge < -0.3 is 5.32 Å². The van der Waals surface area contributed by atoms with Gasteiger partial charge in [-0.25, -0.2) is 0 Å². The number of terminal acetylenes is 1. The molecule has 1 unspecified atom stereocenters. The minimum absolute atomic E-state index is 0.169. The largest absolute Gasteiger partial charge is 0.303 e. The third-order valence-corrected chi connectivity index (χ3v) is 1.91. The normalized spacial score (nSPS) is 13.9. The van der Waals surface area contributed by atoms with Crippen molar-refractivity contribution in [1.29, 1.82) is 0 Å². The Kier molecular flexibility index (Phi) is 5.01. The molecule has 0 amide bonds. The zero-order valence-corrected chi connectivity index (χ0v) is 8.78. The summed E-state index contributed by atoms with van der Waals surface area (Å²) in [6.07, 6.45) is 7.85. The van der Waals surface area contributed by atoms with E-state index in [1.165, 1.54) is 12.8 Å². The predicted octanol–water partition coefficient (Wildman–Crippen LogP) is 2.42. The van der Waals surface area contributed by atoms with Gasteiger partial charge in [0.1, 0.15) is 0 Å². The molecule has 0 saturated heterocycles. The average Bonchev–Trinajstić information content (AvgIpc) is 1.95. The molecule has 0 saturated carbocycles. The van der Waals surface area contributed by atoms with E-state index < -0.39 is 0 Å². The zero-order valence-electron chi connectivity index (χ0n) is 8.78. The molecule has 1 N–H and O–H groups in total. The Hall–Kier alpha value is -0.480. The third kappa shape index (κ3) is 4.41. The lowest BCUT2D eigenvalue weighted by molar-refractivity contribution is 0.321. The summed E-state index contributed by atoms with van der Waals surface area (Å²) < 4.78 is 0. The summed E-state index contributed by atoms with van der Waals surface area (Å²) in [6, 6.07) is 0.198. The molecule has 0 aliphatic rings. The molecule has 0 aromatic rings. The second-order valence-corrected chi connectivity index (χ2v) is 4.27. The molecule has 1 nitrogen and oxygen atoms in total. The number of rotatable bonds is 4. The number of nitrogens with one attached hydrogen (secondary N) is 1. The van der Waals surface area contributed by atoms with Crippen molar-refractivity contribution >= 4 is 0 Å². The fourth-order valence-corrected chi connectivity index (χ4v) is 1.04. The quantitative estimate of drug-likeness (QED) is 0.501. The summed E-state index contributed by atoms with van der Waals surface area (Å²) in [6.45, 7) is 9.70. The summed E-state index contributed by atoms with van der Waals surface area (Å²) in [4.78, 5) is 0. The Morgan fingerprint density at radius 1 is 1.42 bits per heavy atom. The van der Waals surface area contributed by atoms with Gasteiger partial charge in [0.05, 0.1) is 6.04 Å². The monoisotopic (exact) mass is 167 g/mol. The Morgan fingerprint density at radius 2 is 2.00 bits per heavy atom. The molecule has 0 aliphatic heterocycles. The van der Waals surface area contributed by atoms with Gasteiger partial charge in [-0.2, -0.15) is 0 Å². The van der Waals surface area contributed by atoms with Crippen LogP contribution >= 0.6 is 0 Å². The van der Waals surface area contributed by atoms with Crippen LogP contribution in [0.2, 0.25) is 0 Å². The van der Waals surface area contributed by atoms with E-state index in [4.69, 9.17) is 6.42 Å². The fraction of sp³-hybridized carbons (Fsp3) is 0.818. The maximum absolute atomic E-state index is 5.43. The molecule has 0 aromatic heterocycles. The SMILES string of the molecule is C#CC(NCCCC)C(C)(C)C. The van der Waals surface area contributed by atoms with Gasteiger partial charge in [-0.1, -0.05) is 40.0 Å². The second-order valence-electron chi connectivity index (χ2n) is 4.27. The van der Waals surface area contributed by atoms with Gasteiger partial charge in [0, 0.05) is 0 Å². The first-order valence-electron chi connectivity index (χ1n) is 4.72. The Bertz CT molecular complexity index is 147. The minimum Gasteiger partial charge on any atom is -0.303 e. The fourth-order valence-electron chi connectivity index (χ4n) is 1.04. The number of hydrogen-bond acceptors (Lipinski definition) is 1. The van der Waals surface area contributed by atoms with E-state index in [-0.39, 0.29) is 11.5 Å². The lowest BCUT2D eigenvalue weighted by Crippen LogP contribution is -2.39. The summed E-state index contributed by atoms with van der Waals surface area (Å²) in [5, 5.41) is 3.37. The summed E-state index contributed by atoms with van der Waals surface area (Å²) in [5.41, 5.74) is 0.169. The Balaban J connectivity index is 3.79. The predicted molar refractivity (Wildman–Crippen MR) is 55.0 cm³/mol. The van der Waals surface area contributed by atoms with Gasteiger partial charge in [-0.05, 0) is 18.4 Å². The first-order chi connectivity index (χ1) is 5.52. The van der Waals surface area contributed by atoms with Gasteiger partial charge >= 0.3 is 0 Å². The van der Waals surface area contributed by atoms with Crippen molar-refractivity contribution < 1.29 is 0 Å². The molecule has 0 aliphatic carbocycles. The van der Waals surface area contributed by atoms with E-state index >= 15 is 0 Å². The van der Waals surface area contributed by atoms with Crippen LogP contribution in [-0.2, 0) is 0 Å². The van der Waals surface area contributed by atoms with E-state index in [1.807, 2.05) is 0 Å². The Morgan fingerprint density at radius 3 is 2.33 bits per heavy atom. The molecule has 0 radical (unpaired) electrons. The maximum atomic E-state index is 5.43. The summed E-state index contributed by atoms with van der Waals surface area (Å²) in [5.74, 6) is 2.79. The summed E-state index contributed by atoms with van der Waals surface area (Å²) >= 11 is 0. The van der Waals surface area contributed by atoms with Crippen molar-refractivity contribution in [1.82, 2.24) is 5.32 Å². The highest BCUT2D eigenvalue weighted by Crippen LogP contribution is 2.18. The van der Waals surface area contributed by atoms with Crippen molar-refractivity contribution in [2.24, 2.45) is 5.41 Å². The molecule has 0 aromatic carbocycles. The molecule has 1 heteroatoms. The topological polar surface area (TPSA) is 12.0 Å². The van der Waals surface area contributed by atoms with Crippen LogP contribution in [-0.4, -0.2) is 12.6 Å². The van der Waals surface area contributed by atoms with Crippen LogP contribution in [0.4, 0.5) is 0 Å². The highest BCUT2D eigenvalue weighted by molar-refractivity contribution is 5.04. The molecular weight excluding hydrogens is 146 g/mol. The molecule has 0 rings (SSSR count). The highest BCUT2D eigenvalue weighted by atomic mass is 14.9. The van der Waals surface area contributed by atoms with E-state index in [2.05, 4.69) is 38.9 Å². The molecule has 1 atom stereocenters. The standard InChI is InChI=1S/C11H21N/c1-6-8-9-12-10(7-2)11(3,4)5/h2,10,12H,6,8-9H2,1,3-5H3. The minimum atomic E-state index is 0.169. The molecule has 12 heavy (non-hydrogen) atoms. The van der Waals surface area contributed by atoms with Gasteiger partial charge in [-0.15, -0.1) is 6.42 Å². The molecule has 70 valence electrons. The zero-order chi connectivity index (χ0) is 9.61. The van der Waals surface area contributed by atoms with Gasteiger partial charge in [0.2, 0.25) is 0 Å². The molecule has 0 heterocycles. The van der Waals surface area contributed by atoms with Crippen LogP contribution in [0.25, 0.3) is 0 Å². The van der Waals surface area contributed by atoms with Crippen molar-refractivity contribution in [3.8, 4) is 12.3 Å². The van der Waals surface area contributed by atoms with Crippen molar-refractivity contribution in [2.45, 2.75) is 46.6 Å². The average molecular weight is 167 g/mol. The second kappa shape index (κ2) is 5.22. The van der Waals surface area contributed by atoms with Crippen LogP contribution in [0.15, 0.2) is 0 Å². The van der Waals surface area contributed by atoms with Crippen molar-refractivity contribution in [3.63, 3.8) is 0 Å². The lowest BCUT2D eigenvalue weighted by Gasteiger charge is -2.27. The van der Waals surface area contributed by atoms with Crippen LogP contribution in [0, 0.1) is 17.8 Å². The van der Waals surface area contributed by atoms with Gasteiger partial charge in [-0.3, -0.25) is 0 Å². The smallest absolute Gasteiger partial charge is 0.0735 e. The first kappa shape index (κ1) is 11.5. The third-order valence-electron chi connectivity index (χ3n) is 1.91. The number of hydrogen-bond donors (Lipinski definition) is 1. The first-order valence-corrected chi connectivity index (χ1v) is 4.72.